The van der Waals surface area contributed by atoms with Crippen LogP contribution in [-0.2, 0) is 13.6 Å². The number of ether oxygens (including phenoxy) is 1. The highest BCUT2D eigenvalue weighted by atomic mass is 16.5. The first-order valence-electron chi connectivity index (χ1n) is 5.72. The Morgan fingerprint density at radius 1 is 1.29 bits per heavy atom. The zero-order valence-corrected chi connectivity index (χ0v) is 10.2. The van der Waals surface area contributed by atoms with Crippen molar-refractivity contribution in [3.8, 4) is 5.75 Å². The van der Waals surface area contributed by atoms with Gasteiger partial charge in [0.05, 0.1) is 12.8 Å². The number of hydrogen-bond donors (Lipinski definition) is 1. The van der Waals surface area contributed by atoms with Crippen LogP contribution in [0.15, 0.2) is 36.7 Å². The summed E-state index contributed by atoms with van der Waals surface area (Å²) in [6.07, 6.45) is 3.86. The standard InChI is InChI=1S/C13H17N3O/c1-3-17-13-6-4-12(5-7-13)14-8-11-9-15-16(2)10-11/h4-7,9-10,14H,3,8H2,1-2H3. The zero-order chi connectivity index (χ0) is 12.1. The Labute approximate surface area is 101 Å². The fourth-order valence-corrected chi connectivity index (χ4v) is 1.60. The Kier molecular flexibility index (Phi) is 3.65. The van der Waals surface area contributed by atoms with Crippen molar-refractivity contribution in [2.24, 2.45) is 7.05 Å². The van der Waals surface area contributed by atoms with E-state index in [9.17, 15) is 0 Å². The second-order valence-corrected chi connectivity index (χ2v) is 3.83. The lowest BCUT2D eigenvalue weighted by molar-refractivity contribution is 0.340. The molecule has 1 aromatic carbocycles. The van der Waals surface area contributed by atoms with Crippen LogP contribution in [-0.4, -0.2) is 16.4 Å². The van der Waals surface area contributed by atoms with Gasteiger partial charge in [0.15, 0.2) is 0 Å². The van der Waals surface area contributed by atoms with Gasteiger partial charge in [-0.3, -0.25) is 4.68 Å². The molecule has 0 aliphatic carbocycles. The van der Waals surface area contributed by atoms with Crippen molar-refractivity contribution in [1.29, 1.82) is 0 Å². The van der Waals surface area contributed by atoms with Crippen molar-refractivity contribution in [2.45, 2.75) is 13.5 Å². The average Bonchev–Trinajstić information content (AvgIpc) is 2.75. The topological polar surface area (TPSA) is 39.1 Å². The van der Waals surface area contributed by atoms with Crippen LogP contribution in [0.1, 0.15) is 12.5 Å². The third-order valence-electron chi connectivity index (χ3n) is 2.42. The van der Waals surface area contributed by atoms with Gasteiger partial charge in [-0.2, -0.15) is 5.10 Å². The molecule has 4 nitrogen and oxygen atoms in total. The highest BCUT2D eigenvalue weighted by molar-refractivity contribution is 5.46. The molecule has 0 amide bonds. The van der Waals surface area contributed by atoms with Gasteiger partial charge in [-0.1, -0.05) is 0 Å². The molecule has 17 heavy (non-hydrogen) atoms. The summed E-state index contributed by atoms with van der Waals surface area (Å²) in [5.41, 5.74) is 2.25. The molecule has 1 aromatic heterocycles. The lowest BCUT2D eigenvalue weighted by Gasteiger charge is -2.06. The number of benzene rings is 1. The van der Waals surface area contributed by atoms with Crippen molar-refractivity contribution in [1.82, 2.24) is 9.78 Å². The molecule has 4 heteroatoms. The predicted molar refractivity (Wildman–Crippen MR) is 68.1 cm³/mol. The Morgan fingerprint density at radius 3 is 2.65 bits per heavy atom. The van der Waals surface area contributed by atoms with Crippen LogP contribution in [0.4, 0.5) is 5.69 Å². The van der Waals surface area contributed by atoms with Crippen LogP contribution in [0.3, 0.4) is 0 Å². The maximum Gasteiger partial charge on any atom is 0.119 e. The van der Waals surface area contributed by atoms with Crippen molar-refractivity contribution in [3.63, 3.8) is 0 Å². The van der Waals surface area contributed by atoms with E-state index in [0.29, 0.717) is 6.61 Å². The van der Waals surface area contributed by atoms with Crippen molar-refractivity contribution >= 4 is 5.69 Å². The molecule has 0 fully saturated rings. The Bertz CT molecular complexity index is 462. The van der Waals surface area contributed by atoms with E-state index >= 15 is 0 Å². The van der Waals surface area contributed by atoms with Crippen LogP contribution in [0.2, 0.25) is 0 Å². The SMILES string of the molecule is CCOc1ccc(NCc2cnn(C)c2)cc1. The van der Waals surface area contributed by atoms with E-state index in [-0.39, 0.29) is 0 Å². The van der Waals surface area contributed by atoms with Crippen LogP contribution < -0.4 is 10.1 Å². The number of aromatic nitrogens is 2. The van der Waals surface area contributed by atoms with Crippen molar-refractivity contribution in [3.05, 3.63) is 42.2 Å². The number of aryl methyl sites for hydroxylation is 1. The third kappa shape index (κ3) is 3.24. The number of rotatable bonds is 5. The molecule has 0 spiro atoms. The number of nitrogens with one attached hydrogen (secondary N) is 1. The summed E-state index contributed by atoms with van der Waals surface area (Å²) in [5, 5.41) is 7.46. The van der Waals surface area contributed by atoms with E-state index < -0.39 is 0 Å². The molecule has 0 atom stereocenters. The van der Waals surface area contributed by atoms with Gasteiger partial charge in [0.25, 0.3) is 0 Å². The molecule has 0 bridgehead atoms. The largest absolute Gasteiger partial charge is 0.494 e. The fourth-order valence-electron chi connectivity index (χ4n) is 1.60. The van der Waals surface area contributed by atoms with Gasteiger partial charge < -0.3 is 10.1 Å². The highest BCUT2D eigenvalue weighted by Gasteiger charge is 1.97. The molecule has 90 valence electrons. The maximum absolute atomic E-state index is 5.39. The Hall–Kier alpha value is -1.97. The lowest BCUT2D eigenvalue weighted by atomic mass is 10.3. The minimum Gasteiger partial charge on any atom is -0.494 e. The van der Waals surface area contributed by atoms with Crippen LogP contribution >= 0.6 is 0 Å². The molecule has 0 aliphatic heterocycles. The summed E-state index contributed by atoms with van der Waals surface area (Å²) < 4.78 is 7.19. The molecule has 1 N–H and O–H groups in total. The molecule has 0 radical (unpaired) electrons. The van der Waals surface area contributed by atoms with E-state index in [2.05, 4.69) is 10.4 Å². The van der Waals surface area contributed by atoms with Gasteiger partial charge in [0, 0.05) is 31.0 Å². The second-order valence-electron chi connectivity index (χ2n) is 3.83. The lowest BCUT2D eigenvalue weighted by Crippen LogP contribution is -1.98. The zero-order valence-electron chi connectivity index (χ0n) is 10.2. The molecule has 2 aromatic rings. The molecular formula is C13H17N3O. The Morgan fingerprint density at radius 2 is 2.06 bits per heavy atom. The normalized spacial score (nSPS) is 10.2. The van der Waals surface area contributed by atoms with E-state index in [1.165, 1.54) is 5.56 Å². The second kappa shape index (κ2) is 5.39. The molecule has 1 heterocycles. The number of anilines is 1. The predicted octanol–water partition coefficient (Wildman–Crippen LogP) is 2.43. The van der Waals surface area contributed by atoms with Crippen LogP contribution in [0.25, 0.3) is 0 Å². The quantitative estimate of drug-likeness (QED) is 0.859. The molecular weight excluding hydrogens is 214 g/mol. The van der Waals surface area contributed by atoms with E-state index in [0.717, 1.165) is 18.0 Å². The van der Waals surface area contributed by atoms with Crippen LogP contribution in [0, 0.1) is 0 Å². The smallest absolute Gasteiger partial charge is 0.119 e. The number of hydrogen-bond acceptors (Lipinski definition) is 3. The van der Waals surface area contributed by atoms with E-state index in [1.54, 1.807) is 4.68 Å². The minimum absolute atomic E-state index is 0.697. The van der Waals surface area contributed by atoms with Gasteiger partial charge in [-0.15, -0.1) is 0 Å². The first-order valence-corrected chi connectivity index (χ1v) is 5.72. The highest BCUT2D eigenvalue weighted by Crippen LogP contribution is 2.16. The monoisotopic (exact) mass is 231 g/mol. The van der Waals surface area contributed by atoms with Gasteiger partial charge >= 0.3 is 0 Å². The summed E-state index contributed by atoms with van der Waals surface area (Å²) in [6.45, 7) is 3.46. The number of nitrogens with zero attached hydrogens (tertiary/aromatic N) is 2. The minimum atomic E-state index is 0.697. The first-order chi connectivity index (χ1) is 8.28. The summed E-state index contributed by atoms with van der Waals surface area (Å²) in [4.78, 5) is 0. The molecule has 0 unspecified atom stereocenters. The fraction of sp³-hybridized carbons (Fsp3) is 0.308. The summed E-state index contributed by atoms with van der Waals surface area (Å²) >= 11 is 0. The molecule has 0 saturated heterocycles. The Balaban J connectivity index is 1.90. The summed E-state index contributed by atoms with van der Waals surface area (Å²) in [6, 6.07) is 7.97. The van der Waals surface area contributed by atoms with Crippen LogP contribution in [0.5, 0.6) is 5.75 Å². The summed E-state index contributed by atoms with van der Waals surface area (Å²) in [5.74, 6) is 0.902. The van der Waals surface area contributed by atoms with Gasteiger partial charge in [-0.25, -0.2) is 0 Å². The molecule has 0 aliphatic rings. The van der Waals surface area contributed by atoms with Gasteiger partial charge in [-0.05, 0) is 31.2 Å². The first kappa shape index (κ1) is 11.5. The average molecular weight is 231 g/mol. The maximum atomic E-state index is 5.39. The molecule has 2 rings (SSSR count). The molecule has 0 saturated carbocycles. The van der Waals surface area contributed by atoms with Crippen molar-refractivity contribution in [2.75, 3.05) is 11.9 Å². The van der Waals surface area contributed by atoms with Gasteiger partial charge in [0.1, 0.15) is 5.75 Å². The van der Waals surface area contributed by atoms with E-state index in [4.69, 9.17) is 4.74 Å². The van der Waals surface area contributed by atoms with Crippen molar-refractivity contribution < 1.29 is 4.74 Å². The van der Waals surface area contributed by atoms with Gasteiger partial charge in [0.2, 0.25) is 0 Å². The van der Waals surface area contributed by atoms with E-state index in [1.807, 2.05) is 50.6 Å². The third-order valence-corrected chi connectivity index (χ3v) is 2.42. The summed E-state index contributed by atoms with van der Waals surface area (Å²) in [7, 11) is 1.92.